The van der Waals surface area contributed by atoms with Crippen molar-refractivity contribution < 1.29 is 22.8 Å². The Kier molecular flexibility index (Phi) is 8.26. The Morgan fingerprint density at radius 3 is 2.35 bits per heavy atom. The Morgan fingerprint density at radius 1 is 1.06 bits per heavy atom. The average Bonchev–Trinajstić information content (AvgIpc) is 3.24. The minimum atomic E-state index is -4.57. The largest absolute Gasteiger partial charge is 0.405 e. The highest BCUT2D eigenvalue weighted by molar-refractivity contribution is 7.99. The number of nitrogens with one attached hydrogen (secondary N) is 2. The zero-order valence-electron chi connectivity index (χ0n) is 18.5. The second kappa shape index (κ2) is 11.1. The van der Waals surface area contributed by atoms with Gasteiger partial charge in [0.2, 0.25) is 5.91 Å². The van der Waals surface area contributed by atoms with Crippen LogP contribution < -0.4 is 10.6 Å². The van der Waals surface area contributed by atoms with Gasteiger partial charge in [0.05, 0.1) is 11.4 Å². The molecule has 0 atom stereocenters. The lowest BCUT2D eigenvalue weighted by atomic mass is 10.0. The molecule has 3 aromatic rings. The van der Waals surface area contributed by atoms with Crippen molar-refractivity contribution in [3.05, 3.63) is 53.9 Å². The summed E-state index contributed by atoms with van der Waals surface area (Å²) in [5.41, 5.74) is 3.75. The van der Waals surface area contributed by atoms with Crippen LogP contribution in [0.2, 0.25) is 0 Å². The summed E-state index contributed by atoms with van der Waals surface area (Å²) in [4.78, 5) is 27.9. The second-order valence-electron chi connectivity index (χ2n) is 7.15. The summed E-state index contributed by atoms with van der Waals surface area (Å²) in [7, 11) is 0. The molecule has 12 heteroatoms. The number of urea groups is 1. The number of aromatic nitrogens is 4. The van der Waals surface area contributed by atoms with E-state index < -0.39 is 24.7 Å². The number of pyridine rings is 1. The maximum absolute atomic E-state index is 12.2. The van der Waals surface area contributed by atoms with Gasteiger partial charge in [-0.1, -0.05) is 43.8 Å². The van der Waals surface area contributed by atoms with Crippen LogP contribution in [-0.2, 0) is 17.6 Å². The zero-order valence-corrected chi connectivity index (χ0v) is 19.3. The van der Waals surface area contributed by atoms with Gasteiger partial charge in [-0.3, -0.25) is 19.7 Å². The van der Waals surface area contributed by atoms with E-state index in [1.165, 1.54) is 0 Å². The number of imide groups is 1. The molecule has 0 aliphatic heterocycles. The molecule has 0 unspecified atom stereocenters. The molecule has 0 fully saturated rings. The van der Waals surface area contributed by atoms with Crippen LogP contribution in [0.4, 0.5) is 18.0 Å². The van der Waals surface area contributed by atoms with Crippen molar-refractivity contribution in [1.29, 1.82) is 0 Å². The van der Waals surface area contributed by atoms with Gasteiger partial charge in [0.1, 0.15) is 6.54 Å². The summed E-state index contributed by atoms with van der Waals surface area (Å²) in [6.07, 6.45) is 0.228. The number of rotatable bonds is 8. The third-order valence-corrected chi connectivity index (χ3v) is 5.71. The number of carbonyl (C=O) groups excluding carboxylic acids is 2. The average molecular weight is 493 g/mol. The monoisotopic (exact) mass is 492 g/mol. The van der Waals surface area contributed by atoms with Crippen molar-refractivity contribution in [2.75, 3.05) is 12.3 Å². The molecule has 2 N–H and O–H groups in total. The molecule has 8 nitrogen and oxygen atoms in total. The van der Waals surface area contributed by atoms with Gasteiger partial charge in [0, 0.05) is 18.0 Å². The van der Waals surface area contributed by atoms with Crippen molar-refractivity contribution in [2.24, 2.45) is 0 Å². The molecule has 3 rings (SSSR count). The lowest BCUT2D eigenvalue weighted by molar-refractivity contribution is -0.124. The van der Waals surface area contributed by atoms with Crippen molar-refractivity contribution in [1.82, 2.24) is 30.4 Å². The molecule has 2 heterocycles. The molecular weight excluding hydrogens is 469 g/mol. The van der Waals surface area contributed by atoms with Gasteiger partial charge in [-0.2, -0.15) is 13.2 Å². The predicted molar refractivity (Wildman–Crippen MR) is 122 cm³/mol. The topological polar surface area (TPSA) is 102 Å². The van der Waals surface area contributed by atoms with E-state index in [1.54, 1.807) is 23.8 Å². The first-order valence-corrected chi connectivity index (χ1v) is 11.5. The van der Waals surface area contributed by atoms with Gasteiger partial charge < -0.3 is 5.32 Å². The third kappa shape index (κ3) is 6.34. The van der Waals surface area contributed by atoms with Gasteiger partial charge in [0.15, 0.2) is 11.0 Å². The number of halogens is 3. The van der Waals surface area contributed by atoms with E-state index in [9.17, 15) is 22.8 Å². The van der Waals surface area contributed by atoms with Crippen molar-refractivity contribution in [3.8, 4) is 17.1 Å². The number of nitrogens with zero attached hydrogens (tertiary/aromatic N) is 4. The van der Waals surface area contributed by atoms with Crippen LogP contribution in [0.25, 0.3) is 17.1 Å². The zero-order chi connectivity index (χ0) is 24.7. The fourth-order valence-corrected chi connectivity index (χ4v) is 4.00. The van der Waals surface area contributed by atoms with E-state index in [0.717, 1.165) is 47.0 Å². The molecular formula is C22H23F3N6O2S. The van der Waals surface area contributed by atoms with Crippen LogP contribution >= 0.6 is 11.8 Å². The Labute approximate surface area is 198 Å². The van der Waals surface area contributed by atoms with Crippen LogP contribution in [0.5, 0.6) is 0 Å². The molecule has 0 saturated carbocycles. The number of alkyl halides is 3. The number of benzene rings is 1. The molecule has 0 saturated heterocycles. The van der Waals surface area contributed by atoms with Crippen LogP contribution in [-0.4, -0.2) is 50.2 Å². The lowest BCUT2D eigenvalue weighted by Crippen LogP contribution is -2.43. The molecule has 0 aliphatic rings. The van der Waals surface area contributed by atoms with Crippen molar-refractivity contribution in [2.45, 2.75) is 38.0 Å². The fraction of sp³-hybridized carbons (Fsp3) is 0.318. The summed E-state index contributed by atoms with van der Waals surface area (Å²) in [6, 6.07) is 8.40. The highest BCUT2D eigenvalue weighted by atomic mass is 32.2. The minimum absolute atomic E-state index is 0.250. The van der Waals surface area contributed by atoms with E-state index >= 15 is 0 Å². The van der Waals surface area contributed by atoms with Gasteiger partial charge in [0.25, 0.3) is 0 Å². The molecule has 0 radical (unpaired) electrons. The van der Waals surface area contributed by atoms with Crippen molar-refractivity contribution in [3.63, 3.8) is 0 Å². The quantitative estimate of drug-likeness (QED) is 0.462. The maximum atomic E-state index is 12.2. The molecule has 2 aromatic heterocycles. The van der Waals surface area contributed by atoms with Crippen LogP contribution in [0.1, 0.15) is 25.0 Å². The molecule has 0 bridgehead atoms. The lowest BCUT2D eigenvalue weighted by Gasteiger charge is -2.17. The molecule has 34 heavy (non-hydrogen) atoms. The van der Waals surface area contributed by atoms with E-state index in [2.05, 4.69) is 15.2 Å². The van der Waals surface area contributed by atoms with Crippen molar-refractivity contribution >= 4 is 23.7 Å². The Balaban J connectivity index is 1.89. The van der Waals surface area contributed by atoms with Gasteiger partial charge in [-0.25, -0.2) is 4.79 Å². The van der Waals surface area contributed by atoms with E-state index in [-0.39, 0.29) is 5.75 Å². The highest BCUT2D eigenvalue weighted by Gasteiger charge is 2.28. The number of para-hydroxylation sites is 1. The standard InChI is InChI=1S/C22H23F3N6O2S/c1-3-14-7-5-8-15(4-2)18(14)31-19(16-9-6-10-26-11-16)29-30-21(31)34-12-17(32)28-20(33)27-13-22(23,24)25/h5-11H,3-4,12-13H2,1-2H3,(H2,27,28,32,33). The summed E-state index contributed by atoms with van der Waals surface area (Å²) in [5, 5.41) is 12.5. The minimum Gasteiger partial charge on any atom is -0.329 e. The van der Waals surface area contributed by atoms with Crippen LogP contribution in [0.15, 0.2) is 47.9 Å². The summed E-state index contributed by atoms with van der Waals surface area (Å²) in [5.74, 6) is -0.475. The Bertz CT molecular complexity index is 1130. The van der Waals surface area contributed by atoms with Gasteiger partial charge in [-0.05, 0) is 36.1 Å². The number of hydrogen-bond donors (Lipinski definition) is 2. The Morgan fingerprint density at radius 2 is 1.76 bits per heavy atom. The maximum Gasteiger partial charge on any atom is 0.405 e. The van der Waals surface area contributed by atoms with Gasteiger partial charge >= 0.3 is 12.2 Å². The second-order valence-corrected chi connectivity index (χ2v) is 8.09. The number of carbonyl (C=O) groups is 2. The number of aryl methyl sites for hydroxylation is 2. The smallest absolute Gasteiger partial charge is 0.329 e. The van der Waals surface area contributed by atoms with Crippen LogP contribution in [0.3, 0.4) is 0 Å². The van der Waals surface area contributed by atoms with E-state index in [1.807, 2.05) is 48.0 Å². The first kappa shape index (κ1) is 25.2. The molecule has 0 spiro atoms. The van der Waals surface area contributed by atoms with E-state index in [0.29, 0.717) is 11.0 Å². The highest BCUT2D eigenvalue weighted by Crippen LogP contribution is 2.32. The molecule has 0 aliphatic carbocycles. The first-order chi connectivity index (χ1) is 16.2. The Hall–Kier alpha value is -3.41. The summed E-state index contributed by atoms with van der Waals surface area (Å²) in [6.45, 7) is 2.54. The van der Waals surface area contributed by atoms with E-state index in [4.69, 9.17) is 0 Å². The normalized spacial score (nSPS) is 11.3. The third-order valence-electron chi connectivity index (χ3n) is 4.78. The van der Waals surface area contributed by atoms with Crippen LogP contribution in [0, 0.1) is 0 Å². The summed E-state index contributed by atoms with van der Waals surface area (Å²) >= 11 is 1.02. The SMILES string of the molecule is CCc1cccc(CC)c1-n1c(SCC(=O)NC(=O)NCC(F)(F)F)nnc1-c1cccnc1. The number of hydrogen-bond acceptors (Lipinski definition) is 6. The molecule has 1 aromatic carbocycles. The predicted octanol–water partition coefficient (Wildman–Crippen LogP) is 3.93. The molecule has 180 valence electrons. The van der Waals surface area contributed by atoms with Gasteiger partial charge in [-0.15, -0.1) is 10.2 Å². The first-order valence-electron chi connectivity index (χ1n) is 10.5. The number of amides is 3. The number of thioether (sulfide) groups is 1. The fourth-order valence-electron chi connectivity index (χ4n) is 3.27. The summed E-state index contributed by atoms with van der Waals surface area (Å²) < 4.78 is 38.6. The molecule has 3 amide bonds.